The van der Waals surface area contributed by atoms with E-state index in [2.05, 4.69) is 22.2 Å². The fourth-order valence-electron chi connectivity index (χ4n) is 4.42. The maximum atomic E-state index is 12.5. The van der Waals surface area contributed by atoms with Crippen molar-refractivity contribution in [2.75, 3.05) is 5.32 Å². The largest absolute Gasteiger partial charge is 0.392 e. The van der Waals surface area contributed by atoms with Gasteiger partial charge in [0.1, 0.15) is 5.15 Å². The molecule has 4 atom stereocenters. The molecule has 0 radical (unpaired) electrons. The second kappa shape index (κ2) is 11.6. The van der Waals surface area contributed by atoms with Gasteiger partial charge in [-0.05, 0) is 35.4 Å². The number of amides is 1. The van der Waals surface area contributed by atoms with Crippen LogP contribution in [0.4, 0.5) is 5.69 Å². The molecule has 3 heterocycles. The van der Waals surface area contributed by atoms with Crippen molar-refractivity contribution >= 4 is 34.8 Å². The summed E-state index contributed by atoms with van der Waals surface area (Å²) in [7, 11) is 0. The number of halogens is 2. The lowest BCUT2D eigenvalue weighted by Crippen LogP contribution is -2.39. The number of aliphatic hydroxyl groups excluding tert-OH is 1. The fourth-order valence-corrected chi connectivity index (χ4v) is 4.73. The van der Waals surface area contributed by atoms with Crippen LogP contribution < -0.4 is 5.32 Å². The minimum absolute atomic E-state index is 0.0285. The van der Waals surface area contributed by atoms with E-state index in [-0.39, 0.29) is 35.8 Å². The van der Waals surface area contributed by atoms with Gasteiger partial charge in [-0.1, -0.05) is 66.5 Å². The van der Waals surface area contributed by atoms with Crippen molar-refractivity contribution in [2.24, 2.45) is 5.92 Å². The van der Waals surface area contributed by atoms with E-state index >= 15 is 0 Å². The molecule has 10 heteroatoms. The molecule has 1 aliphatic rings. The molecule has 0 aliphatic carbocycles. The molecule has 1 aliphatic heterocycles. The first-order valence-corrected chi connectivity index (χ1v) is 12.9. The third kappa shape index (κ3) is 5.75. The second-order valence-electron chi connectivity index (χ2n) is 9.12. The number of rotatable bonds is 7. The van der Waals surface area contributed by atoms with Crippen LogP contribution in [-0.2, 0) is 22.6 Å². The lowest BCUT2D eigenvalue weighted by molar-refractivity contribution is -0.276. The Hall–Kier alpha value is -3.27. The highest BCUT2D eigenvalue weighted by molar-refractivity contribution is 6.40. The van der Waals surface area contributed by atoms with Crippen molar-refractivity contribution in [3.05, 3.63) is 112 Å². The highest BCUT2D eigenvalue weighted by Crippen LogP contribution is 2.42. The molecule has 2 aromatic carbocycles. The van der Waals surface area contributed by atoms with Crippen LogP contribution in [0.25, 0.3) is 0 Å². The van der Waals surface area contributed by atoms with E-state index in [0.717, 1.165) is 16.7 Å². The van der Waals surface area contributed by atoms with Crippen molar-refractivity contribution in [3.63, 3.8) is 0 Å². The first-order valence-electron chi connectivity index (χ1n) is 12.1. The molecule has 1 saturated heterocycles. The quantitative estimate of drug-likeness (QED) is 0.299. The molecule has 0 spiro atoms. The zero-order chi connectivity index (χ0) is 26.6. The van der Waals surface area contributed by atoms with E-state index in [4.69, 9.17) is 32.7 Å². The Morgan fingerprint density at radius 3 is 2.42 bits per heavy atom. The van der Waals surface area contributed by atoms with Crippen molar-refractivity contribution in [2.45, 2.75) is 38.6 Å². The zero-order valence-corrected chi connectivity index (χ0v) is 22.0. The topological polar surface area (TPSA) is 98.5 Å². The Morgan fingerprint density at radius 2 is 1.79 bits per heavy atom. The van der Waals surface area contributed by atoms with E-state index in [1.165, 1.54) is 6.20 Å². The van der Waals surface area contributed by atoms with Gasteiger partial charge in [0.25, 0.3) is 5.91 Å². The van der Waals surface area contributed by atoms with Gasteiger partial charge < -0.3 is 24.5 Å². The van der Waals surface area contributed by atoms with Crippen LogP contribution in [0.1, 0.15) is 46.4 Å². The Labute approximate surface area is 230 Å². The van der Waals surface area contributed by atoms with Gasteiger partial charge >= 0.3 is 0 Å². The van der Waals surface area contributed by atoms with Gasteiger partial charge in [-0.3, -0.25) is 9.78 Å². The number of carbonyl (C=O) groups is 1. The summed E-state index contributed by atoms with van der Waals surface area (Å²) >= 11 is 12.4. The lowest BCUT2D eigenvalue weighted by atomic mass is 9.90. The van der Waals surface area contributed by atoms with Crippen molar-refractivity contribution < 1.29 is 19.4 Å². The third-order valence-electron chi connectivity index (χ3n) is 6.60. The highest BCUT2D eigenvalue weighted by atomic mass is 35.5. The summed E-state index contributed by atoms with van der Waals surface area (Å²) in [6, 6.07) is 18.5. The van der Waals surface area contributed by atoms with Gasteiger partial charge in [-0.25, -0.2) is 4.98 Å². The number of carbonyl (C=O) groups excluding carboxylic acids is 1. The Kier molecular flexibility index (Phi) is 8.06. The minimum atomic E-state index is -0.667. The highest BCUT2D eigenvalue weighted by Gasteiger charge is 2.38. The van der Waals surface area contributed by atoms with Gasteiger partial charge in [-0.15, -0.1) is 0 Å². The minimum Gasteiger partial charge on any atom is -0.392 e. The van der Waals surface area contributed by atoms with Crippen molar-refractivity contribution in [3.8, 4) is 0 Å². The van der Waals surface area contributed by atoms with Crippen LogP contribution in [0.2, 0.25) is 10.3 Å². The number of aliphatic hydroxyl groups is 1. The number of ether oxygens (including phenoxy) is 2. The van der Waals surface area contributed by atoms with Crippen molar-refractivity contribution in [1.29, 1.82) is 0 Å². The first kappa shape index (κ1) is 26.3. The van der Waals surface area contributed by atoms with Gasteiger partial charge in [0.05, 0.1) is 37.3 Å². The molecule has 1 fully saturated rings. The predicted octanol–water partition coefficient (Wildman–Crippen LogP) is 5.82. The number of nitrogens with zero attached hydrogens (tertiary/aromatic N) is 3. The molecular weight excluding hydrogens is 527 g/mol. The summed E-state index contributed by atoms with van der Waals surface area (Å²) in [4.78, 5) is 20.6. The lowest BCUT2D eigenvalue weighted by Gasteiger charge is -2.41. The van der Waals surface area contributed by atoms with Gasteiger partial charge in [0.15, 0.2) is 11.4 Å². The number of hydrogen-bond donors (Lipinski definition) is 2. The molecule has 5 rings (SSSR count). The van der Waals surface area contributed by atoms with E-state index in [1.54, 1.807) is 41.4 Å². The molecule has 38 heavy (non-hydrogen) atoms. The SMILES string of the molecule is C[C@@H]1[C@H](Cn2cnc(Cl)c2Cl)O[C@H](c2ccc(NC(=O)c3cccnc3)cc2)O[C@@H]1c1ccc(CO)cc1. The number of benzene rings is 2. The monoisotopic (exact) mass is 552 g/mol. The predicted molar refractivity (Wildman–Crippen MR) is 144 cm³/mol. The van der Waals surface area contributed by atoms with Crippen LogP contribution in [0, 0.1) is 5.92 Å². The molecule has 8 nitrogen and oxygen atoms in total. The summed E-state index contributed by atoms with van der Waals surface area (Å²) in [6.07, 6.45) is 3.50. The molecule has 0 saturated carbocycles. The second-order valence-corrected chi connectivity index (χ2v) is 9.83. The summed E-state index contributed by atoms with van der Waals surface area (Å²) < 4.78 is 14.7. The fraction of sp³-hybridized carbons (Fsp3) is 0.250. The normalized spacial score (nSPS) is 21.3. The molecule has 2 N–H and O–H groups in total. The molecular formula is C28H26Cl2N4O4. The maximum absolute atomic E-state index is 12.5. The number of imidazole rings is 1. The maximum Gasteiger partial charge on any atom is 0.257 e. The van der Waals surface area contributed by atoms with Crippen LogP contribution in [0.5, 0.6) is 0 Å². The first-order chi connectivity index (χ1) is 18.4. The van der Waals surface area contributed by atoms with E-state index in [9.17, 15) is 9.90 Å². The van der Waals surface area contributed by atoms with Crippen LogP contribution >= 0.6 is 23.2 Å². The summed E-state index contributed by atoms with van der Waals surface area (Å²) in [5, 5.41) is 12.9. The Morgan fingerprint density at radius 1 is 1.05 bits per heavy atom. The average molecular weight is 553 g/mol. The molecule has 2 aromatic heterocycles. The van der Waals surface area contributed by atoms with Gasteiger partial charge in [-0.2, -0.15) is 0 Å². The zero-order valence-electron chi connectivity index (χ0n) is 20.5. The molecule has 0 bridgehead atoms. The number of aromatic nitrogens is 3. The summed E-state index contributed by atoms with van der Waals surface area (Å²) in [6.45, 7) is 2.47. The smallest absolute Gasteiger partial charge is 0.257 e. The number of anilines is 1. The van der Waals surface area contributed by atoms with Crippen molar-refractivity contribution in [1.82, 2.24) is 14.5 Å². The summed E-state index contributed by atoms with van der Waals surface area (Å²) in [5.41, 5.74) is 3.71. The van der Waals surface area contributed by atoms with E-state index in [1.807, 2.05) is 36.4 Å². The third-order valence-corrected chi connectivity index (χ3v) is 7.37. The number of nitrogens with one attached hydrogen (secondary N) is 1. The average Bonchev–Trinajstić information content (AvgIpc) is 3.27. The van der Waals surface area contributed by atoms with Crippen LogP contribution in [0.15, 0.2) is 79.4 Å². The van der Waals surface area contributed by atoms with Gasteiger partial charge in [0.2, 0.25) is 0 Å². The molecule has 1 amide bonds. The van der Waals surface area contributed by atoms with Gasteiger partial charge in [0, 0.05) is 29.6 Å². The Balaban J connectivity index is 1.38. The molecule has 196 valence electrons. The van der Waals surface area contributed by atoms with Crippen LogP contribution in [0.3, 0.4) is 0 Å². The summed E-state index contributed by atoms with van der Waals surface area (Å²) in [5.74, 6) is -0.284. The molecule has 0 unspecified atom stereocenters. The van der Waals surface area contributed by atoms with E-state index in [0.29, 0.717) is 22.9 Å². The Bertz CT molecular complexity index is 1380. The molecule has 4 aromatic rings. The standard InChI is InChI=1S/C28H26Cl2N4O4/c1-17-23(14-34-16-32-25(29)26(34)30)37-28(38-24(17)19-6-4-18(15-35)5-7-19)20-8-10-22(11-9-20)33-27(36)21-3-2-12-31-13-21/h2-13,16-17,23-24,28,35H,14-15H2,1H3,(H,33,36)/t17-,23+,24+,28+/m1/s1. The van der Waals surface area contributed by atoms with E-state index < -0.39 is 6.29 Å². The van der Waals surface area contributed by atoms with Crippen LogP contribution in [-0.4, -0.2) is 31.7 Å². The number of pyridine rings is 1. The number of hydrogen-bond acceptors (Lipinski definition) is 6.